The third-order valence-electron chi connectivity index (χ3n) is 4.31. The van der Waals surface area contributed by atoms with Crippen molar-refractivity contribution in [1.29, 1.82) is 0 Å². The lowest BCUT2D eigenvalue weighted by Crippen LogP contribution is -2.25. The molecule has 0 aliphatic carbocycles. The van der Waals surface area contributed by atoms with Gasteiger partial charge in [0.05, 0.1) is 12.0 Å². The number of carbonyl (C=O) groups excluding carboxylic acids is 1. The summed E-state index contributed by atoms with van der Waals surface area (Å²) in [4.78, 5) is 16.8. The number of benzene rings is 1. The smallest absolute Gasteiger partial charge is 0.269 e. The molecule has 4 aromatic rings. The molecular formula is C21H17FN4O2. The van der Waals surface area contributed by atoms with Gasteiger partial charge in [0, 0.05) is 37.1 Å². The van der Waals surface area contributed by atoms with Gasteiger partial charge in [-0.25, -0.2) is 4.39 Å². The fourth-order valence-electron chi connectivity index (χ4n) is 2.88. The SMILES string of the molecule is Cn1nc(-c2ccc(F)cc2)cc1C(=O)NCc1cncc(-c2ccco2)c1. The minimum absolute atomic E-state index is 0.258. The highest BCUT2D eigenvalue weighted by Gasteiger charge is 2.14. The summed E-state index contributed by atoms with van der Waals surface area (Å²) < 4.78 is 20.0. The van der Waals surface area contributed by atoms with E-state index in [1.54, 1.807) is 43.9 Å². The Hall–Kier alpha value is -3.74. The molecule has 28 heavy (non-hydrogen) atoms. The van der Waals surface area contributed by atoms with E-state index in [1.165, 1.54) is 16.8 Å². The maximum absolute atomic E-state index is 13.1. The van der Waals surface area contributed by atoms with Gasteiger partial charge in [0.15, 0.2) is 0 Å². The Balaban J connectivity index is 1.47. The van der Waals surface area contributed by atoms with E-state index in [0.29, 0.717) is 17.9 Å². The van der Waals surface area contributed by atoms with E-state index in [0.717, 1.165) is 22.5 Å². The standard InChI is InChI=1S/C21H17FN4O2/c1-26-19(10-18(25-26)15-4-6-17(22)7-5-15)21(27)24-12-14-9-16(13-23-11-14)20-3-2-8-28-20/h2-11,13H,12H2,1H3,(H,24,27). The fourth-order valence-corrected chi connectivity index (χ4v) is 2.88. The van der Waals surface area contributed by atoms with Gasteiger partial charge in [0.1, 0.15) is 17.3 Å². The molecule has 0 radical (unpaired) electrons. The summed E-state index contributed by atoms with van der Waals surface area (Å²) in [6.45, 7) is 0.317. The summed E-state index contributed by atoms with van der Waals surface area (Å²) in [5.41, 5.74) is 3.45. The number of furan rings is 1. The second kappa shape index (κ2) is 7.48. The molecule has 0 saturated heterocycles. The topological polar surface area (TPSA) is 73.0 Å². The van der Waals surface area contributed by atoms with Gasteiger partial charge in [-0.15, -0.1) is 0 Å². The molecule has 0 aliphatic rings. The number of halogens is 1. The van der Waals surface area contributed by atoms with Crippen molar-refractivity contribution >= 4 is 5.91 Å². The molecule has 1 aromatic carbocycles. The van der Waals surface area contributed by atoms with Crippen LogP contribution >= 0.6 is 0 Å². The third-order valence-corrected chi connectivity index (χ3v) is 4.31. The minimum atomic E-state index is -0.317. The third kappa shape index (κ3) is 3.68. The zero-order valence-electron chi connectivity index (χ0n) is 15.1. The van der Waals surface area contributed by atoms with Gasteiger partial charge in [-0.3, -0.25) is 14.5 Å². The quantitative estimate of drug-likeness (QED) is 0.575. The molecule has 4 rings (SSSR count). The normalized spacial score (nSPS) is 10.8. The lowest BCUT2D eigenvalue weighted by Gasteiger charge is -2.06. The maximum atomic E-state index is 13.1. The second-order valence-corrected chi connectivity index (χ2v) is 6.29. The predicted octanol–water partition coefficient (Wildman–Crippen LogP) is 3.81. The summed E-state index contributed by atoms with van der Waals surface area (Å²) in [7, 11) is 1.70. The first-order valence-electron chi connectivity index (χ1n) is 8.66. The molecular weight excluding hydrogens is 359 g/mol. The van der Waals surface area contributed by atoms with Gasteiger partial charge in [-0.05, 0) is 54.1 Å². The number of nitrogens with one attached hydrogen (secondary N) is 1. The van der Waals surface area contributed by atoms with Crippen molar-refractivity contribution in [1.82, 2.24) is 20.1 Å². The number of amides is 1. The maximum Gasteiger partial charge on any atom is 0.269 e. The van der Waals surface area contributed by atoms with E-state index >= 15 is 0 Å². The number of rotatable bonds is 5. The first-order chi connectivity index (χ1) is 13.6. The van der Waals surface area contributed by atoms with E-state index in [9.17, 15) is 9.18 Å². The Morgan fingerprint density at radius 1 is 1.14 bits per heavy atom. The first-order valence-corrected chi connectivity index (χ1v) is 8.66. The average molecular weight is 376 g/mol. The van der Waals surface area contributed by atoms with Crippen LogP contribution in [0, 0.1) is 5.82 Å². The van der Waals surface area contributed by atoms with Crippen LogP contribution in [0.2, 0.25) is 0 Å². The number of carbonyl (C=O) groups is 1. The van der Waals surface area contributed by atoms with E-state index in [1.807, 2.05) is 18.2 Å². The Kier molecular flexibility index (Phi) is 4.72. The minimum Gasteiger partial charge on any atom is -0.464 e. The van der Waals surface area contributed by atoms with Crippen LogP contribution in [-0.2, 0) is 13.6 Å². The van der Waals surface area contributed by atoms with E-state index < -0.39 is 0 Å². The number of nitrogens with zero attached hydrogens (tertiary/aromatic N) is 3. The van der Waals surface area contributed by atoms with Crippen molar-refractivity contribution in [3.8, 4) is 22.6 Å². The Morgan fingerprint density at radius 2 is 1.96 bits per heavy atom. The van der Waals surface area contributed by atoms with Gasteiger partial charge in [-0.1, -0.05) is 0 Å². The lowest BCUT2D eigenvalue weighted by atomic mass is 10.1. The number of aryl methyl sites for hydroxylation is 1. The summed E-state index contributed by atoms with van der Waals surface area (Å²) in [5.74, 6) is 0.144. The van der Waals surface area contributed by atoms with Crippen LogP contribution in [0.4, 0.5) is 4.39 Å². The highest BCUT2D eigenvalue weighted by atomic mass is 19.1. The van der Waals surface area contributed by atoms with Crippen LogP contribution in [0.5, 0.6) is 0 Å². The van der Waals surface area contributed by atoms with Crippen molar-refractivity contribution < 1.29 is 13.6 Å². The van der Waals surface area contributed by atoms with Crippen molar-refractivity contribution in [2.45, 2.75) is 6.54 Å². The monoisotopic (exact) mass is 376 g/mol. The molecule has 0 fully saturated rings. The van der Waals surface area contributed by atoms with Gasteiger partial charge in [0.2, 0.25) is 0 Å². The molecule has 3 aromatic heterocycles. The molecule has 6 nitrogen and oxygen atoms in total. The number of hydrogen-bond donors (Lipinski definition) is 1. The fraction of sp³-hybridized carbons (Fsp3) is 0.0952. The molecule has 1 N–H and O–H groups in total. The second-order valence-electron chi connectivity index (χ2n) is 6.29. The molecule has 0 saturated carbocycles. The molecule has 7 heteroatoms. The molecule has 3 heterocycles. The summed E-state index contributed by atoms with van der Waals surface area (Å²) in [6.07, 6.45) is 5.01. The van der Waals surface area contributed by atoms with E-state index in [2.05, 4.69) is 15.4 Å². The Labute approximate surface area is 160 Å². The highest BCUT2D eigenvalue weighted by molar-refractivity contribution is 5.93. The molecule has 0 spiro atoms. The average Bonchev–Trinajstić information content (AvgIpc) is 3.37. The highest BCUT2D eigenvalue weighted by Crippen LogP contribution is 2.21. The van der Waals surface area contributed by atoms with Crippen molar-refractivity contribution in [3.63, 3.8) is 0 Å². The van der Waals surface area contributed by atoms with Crippen LogP contribution in [0.3, 0.4) is 0 Å². The van der Waals surface area contributed by atoms with Gasteiger partial charge >= 0.3 is 0 Å². The summed E-state index contributed by atoms with van der Waals surface area (Å²) in [6, 6.07) is 13.2. The van der Waals surface area contributed by atoms with Crippen molar-refractivity contribution in [2.24, 2.45) is 7.05 Å². The van der Waals surface area contributed by atoms with Crippen LogP contribution in [-0.4, -0.2) is 20.7 Å². The Bertz CT molecular complexity index is 1100. The predicted molar refractivity (Wildman–Crippen MR) is 102 cm³/mol. The van der Waals surface area contributed by atoms with E-state index in [4.69, 9.17) is 4.42 Å². The van der Waals surface area contributed by atoms with Gasteiger partial charge in [-0.2, -0.15) is 5.10 Å². The number of aromatic nitrogens is 3. The first kappa shape index (κ1) is 17.7. The summed E-state index contributed by atoms with van der Waals surface area (Å²) >= 11 is 0. The Morgan fingerprint density at radius 3 is 2.71 bits per heavy atom. The lowest BCUT2D eigenvalue weighted by molar-refractivity contribution is 0.0941. The number of pyridine rings is 1. The molecule has 140 valence electrons. The van der Waals surface area contributed by atoms with Crippen molar-refractivity contribution in [3.05, 3.63) is 84.3 Å². The zero-order valence-corrected chi connectivity index (χ0v) is 15.1. The van der Waals surface area contributed by atoms with Gasteiger partial charge < -0.3 is 9.73 Å². The van der Waals surface area contributed by atoms with Gasteiger partial charge in [0.25, 0.3) is 5.91 Å². The van der Waals surface area contributed by atoms with Crippen LogP contribution < -0.4 is 5.32 Å². The zero-order chi connectivity index (χ0) is 19.5. The van der Waals surface area contributed by atoms with Crippen LogP contribution in [0.25, 0.3) is 22.6 Å². The molecule has 0 aliphatic heterocycles. The summed E-state index contributed by atoms with van der Waals surface area (Å²) in [5, 5.41) is 7.22. The molecule has 1 amide bonds. The van der Waals surface area contributed by atoms with E-state index in [-0.39, 0.29) is 11.7 Å². The molecule has 0 atom stereocenters. The van der Waals surface area contributed by atoms with Crippen LogP contribution in [0.1, 0.15) is 16.1 Å². The largest absolute Gasteiger partial charge is 0.464 e. The molecule has 0 unspecified atom stereocenters. The van der Waals surface area contributed by atoms with Crippen LogP contribution in [0.15, 0.2) is 71.6 Å². The number of hydrogen-bond acceptors (Lipinski definition) is 4. The van der Waals surface area contributed by atoms with Crippen molar-refractivity contribution in [2.75, 3.05) is 0 Å². The molecule has 0 bridgehead atoms.